The second-order valence-corrected chi connectivity index (χ2v) is 5.84. The van der Waals surface area contributed by atoms with Crippen molar-refractivity contribution in [2.24, 2.45) is 0 Å². The Morgan fingerprint density at radius 3 is 2.73 bits per heavy atom. The van der Waals surface area contributed by atoms with Crippen LogP contribution in [-0.4, -0.2) is 22.1 Å². The van der Waals surface area contributed by atoms with E-state index < -0.39 is 0 Å². The largest absolute Gasteiger partial charge is 0.353 e. The lowest BCUT2D eigenvalue weighted by molar-refractivity contribution is 0.424. The van der Waals surface area contributed by atoms with E-state index in [1.165, 1.54) is 11.3 Å². The molecule has 0 amide bonds. The fourth-order valence-electron chi connectivity index (χ4n) is 1.30. The Labute approximate surface area is 97.4 Å². The highest BCUT2D eigenvalue weighted by Gasteiger charge is 2.08. The number of thioether (sulfide) groups is 1. The van der Waals surface area contributed by atoms with Crippen molar-refractivity contribution in [1.29, 1.82) is 0 Å². The summed E-state index contributed by atoms with van der Waals surface area (Å²) < 4.78 is 2.26. The molecule has 0 unspecified atom stereocenters. The fourth-order valence-corrected chi connectivity index (χ4v) is 1.69. The molecule has 3 heteroatoms. The van der Waals surface area contributed by atoms with E-state index in [0.29, 0.717) is 0 Å². The molecule has 1 aromatic rings. The van der Waals surface area contributed by atoms with Crippen LogP contribution in [0.3, 0.4) is 0 Å². The van der Waals surface area contributed by atoms with Gasteiger partial charge in [0.25, 0.3) is 0 Å². The molecule has 0 aliphatic rings. The molecule has 0 atom stereocenters. The van der Waals surface area contributed by atoms with Gasteiger partial charge < -0.3 is 9.88 Å². The highest BCUT2D eigenvalue weighted by atomic mass is 32.2. The van der Waals surface area contributed by atoms with Crippen molar-refractivity contribution in [2.75, 3.05) is 12.0 Å². The van der Waals surface area contributed by atoms with Gasteiger partial charge in [-0.15, -0.1) is 0 Å². The third-order valence-electron chi connectivity index (χ3n) is 2.19. The molecule has 0 aliphatic heterocycles. The molecule has 0 saturated carbocycles. The van der Waals surface area contributed by atoms with E-state index in [-0.39, 0.29) is 5.54 Å². The third-order valence-corrected chi connectivity index (χ3v) is 2.78. The minimum atomic E-state index is 0.196. The van der Waals surface area contributed by atoms with Crippen LogP contribution in [0.2, 0.25) is 0 Å². The molecule has 0 bridgehead atoms. The van der Waals surface area contributed by atoms with Gasteiger partial charge in [-0.2, -0.15) is 11.8 Å². The van der Waals surface area contributed by atoms with Gasteiger partial charge in [0, 0.05) is 36.8 Å². The van der Waals surface area contributed by atoms with Gasteiger partial charge in [0.2, 0.25) is 0 Å². The van der Waals surface area contributed by atoms with E-state index in [1.54, 1.807) is 0 Å². The lowest BCUT2D eigenvalue weighted by Gasteiger charge is -2.19. The Hall–Kier alpha value is -0.410. The molecule has 0 aromatic carbocycles. The van der Waals surface area contributed by atoms with Gasteiger partial charge in [0.15, 0.2) is 0 Å². The van der Waals surface area contributed by atoms with Gasteiger partial charge >= 0.3 is 0 Å². The van der Waals surface area contributed by atoms with Crippen molar-refractivity contribution in [3.8, 4) is 0 Å². The number of hydrogen-bond donors (Lipinski definition) is 1. The number of rotatable bonds is 5. The Morgan fingerprint density at radius 1 is 1.40 bits per heavy atom. The zero-order chi connectivity index (χ0) is 11.3. The molecular weight excluding hydrogens is 204 g/mol. The number of hydrogen-bond acceptors (Lipinski definition) is 2. The molecule has 1 N–H and O–H groups in total. The molecule has 0 aliphatic carbocycles. The topological polar surface area (TPSA) is 17.0 Å². The van der Waals surface area contributed by atoms with Crippen LogP contribution in [0.25, 0.3) is 0 Å². The van der Waals surface area contributed by atoms with E-state index >= 15 is 0 Å². The van der Waals surface area contributed by atoms with Crippen molar-refractivity contribution in [2.45, 2.75) is 39.4 Å². The van der Waals surface area contributed by atoms with Crippen LogP contribution in [-0.2, 0) is 13.1 Å². The summed E-state index contributed by atoms with van der Waals surface area (Å²) in [5, 5.41) is 3.49. The van der Waals surface area contributed by atoms with Crippen LogP contribution < -0.4 is 5.32 Å². The van der Waals surface area contributed by atoms with Gasteiger partial charge in [-0.1, -0.05) is 0 Å². The fraction of sp³-hybridized carbons (Fsp3) is 0.667. The van der Waals surface area contributed by atoms with E-state index in [0.717, 1.165) is 13.1 Å². The molecule has 0 saturated heterocycles. The van der Waals surface area contributed by atoms with E-state index in [2.05, 4.69) is 55.4 Å². The molecule has 1 rings (SSSR count). The zero-order valence-electron chi connectivity index (χ0n) is 10.2. The van der Waals surface area contributed by atoms with E-state index in [1.807, 2.05) is 11.8 Å². The first-order valence-corrected chi connectivity index (χ1v) is 6.79. The smallest absolute Gasteiger partial charge is 0.0310 e. The second-order valence-electron chi connectivity index (χ2n) is 4.85. The number of nitrogens with zero attached hydrogens (tertiary/aromatic N) is 1. The van der Waals surface area contributed by atoms with Crippen molar-refractivity contribution in [1.82, 2.24) is 9.88 Å². The lowest BCUT2D eigenvalue weighted by atomic mass is 10.1. The minimum absolute atomic E-state index is 0.196. The Balaban J connectivity index is 2.39. The molecule has 0 radical (unpaired) electrons. The normalized spacial score (nSPS) is 12.0. The molecular formula is C12H22N2S. The third kappa shape index (κ3) is 5.28. The summed E-state index contributed by atoms with van der Waals surface area (Å²) in [6.07, 6.45) is 6.54. The second kappa shape index (κ2) is 5.61. The molecule has 86 valence electrons. The number of aryl methyl sites for hydroxylation is 1. The van der Waals surface area contributed by atoms with Crippen LogP contribution >= 0.6 is 11.8 Å². The average Bonchev–Trinajstić information content (AvgIpc) is 2.58. The molecule has 0 fully saturated rings. The minimum Gasteiger partial charge on any atom is -0.353 e. The summed E-state index contributed by atoms with van der Waals surface area (Å²) in [6, 6.07) is 2.19. The van der Waals surface area contributed by atoms with Crippen LogP contribution in [0.4, 0.5) is 0 Å². The van der Waals surface area contributed by atoms with Gasteiger partial charge in [0.1, 0.15) is 0 Å². The molecule has 1 heterocycles. The van der Waals surface area contributed by atoms with Crippen LogP contribution in [0.5, 0.6) is 0 Å². The summed E-state index contributed by atoms with van der Waals surface area (Å²) in [7, 11) is 0. The molecule has 1 aromatic heterocycles. The molecule has 2 nitrogen and oxygen atoms in total. The Morgan fingerprint density at radius 2 is 2.13 bits per heavy atom. The maximum absolute atomic E-state index is 3.49. The number of aromatic nitrogens is 1. The monoisotopic (exact) mass is 226 g/mol. The predicted octanol–water partition coefficient (Wildman–Crippen LogP) is 2.74. The first-order valence-electron chi connectivity index (χ1n) is 5.40. The SMILES string of the molecule is CSCCn1ccc(CNC(C)(C)C)c1. The van der Waals surface area contributed by atoms with Crippen molar-refractivity contribution in [3.05, 3.63) is 24.0 Å². The standard InChI is InChI=1S/C12H22N2S/c1-12(2,3)13-9-11-5-6-14(10-11)7-8-15-4/h5-6,10,13H,7-9H2,1-4H3. The maximum atomic E-state index is 3.49. The van der Waals surface area contributed by atoms with Crippen molar-refractivity contribution in [3.63, 3.8) is 0 Å². The summed E-state index contributed by atoms with van der Waals surface area (Å²) in [5.74, 6) is 1.18. The lowest BCUT2D eigenvalue weighted by Crippen LogP contribution is -2.34. The summed E-state index contributed by atoms with van der Waals surface area (Å²) in [5.41, 5.74) is 1.56. The van der Waals surface area contributed by atoms with Gasteiger partial charge in [-0.25, -0.2) is 0 Å². The summed E-state index contributed by atoms with van der Waals surface area (Å²) in [6.45, 7) is 8.64. The molecule has 15 heavy (non-hydrogen) atoms. The van der Waals surface area contributed by atoms with Gasteiger partial charge in [-0.05, 0) is 38.7 Å². The van der Waals surface area contributed by atoms with Gasteiger partial charge in [-0.3, -0.25) is 0 Å². The Bertz CT molecular complexity index is 286. The summed E-state index contributed by atoms with van der Waals surface area (Å²) >= 11 is 1.89. The number of nitrogens with one attached hydrogen (secondary N) is 1. The van der Waals surface area contributed by atoms with Crippen molar-refractivity contribution < 1.29 is 0 Å². The Kier molecular flexibility index (Phi) is 4.74. The summed E-state index contributed by atoms with van der Waals surface area (Å²) in [4.78, 5) is 0. The maximum Gasteiger partial charge on any atom is 0.0310 e. The van der Waals surface area contributed by atoms with E-state index in [4.69, 9.17) is 0 Å². The highest BCUT2D eigenvalue weighted by Crippen LogP contribution is 2.06. The van der Waals surface area contributed by atoms with E-state index in [9.17, 15) is 0 Å². The first-order chi connectivity index (χ1) is 7.01. The highest BCUT2D eigenvalue weighted by molar-refractivity contribution is 7.98. The quantitative estimate of drug-likeness (QED) is 0.831. The van der Waals surface area contributed by atoms with Crippen LogP contribution in [0.1, 0.15) is 26.3 Å². The van der Waals surface area contributed by atoms with Crippen molar-refractivity contribution >= 4 is 11.8 Å². The van der Waals surface area contributed by atoms with Crippen LogP contribution in [0, 0.1) is 0 Å². The first kappa shape index (κ1) is 12.7. The molecule has 0 spiro atoms. The zero-order valence-corrected chi connectivity index (χ0v) is 11.0. The predicted molar refractivity (Wildman–Crippen MR) is 69.4 cm³/mol. The van der Waals surface area contributed by atoms with Crippen LogP contribution in [0.15, 0.2) is 18.5 Å². The average molecular weight is 226 g/mol. The van der Waals surface area contributed by atoms with Gasteiger partial charge in [0.05, 0.1) is 0 Å².